The molecule has 1 aromatic carbocycles. The van der Waals surface area contributed by atoms with Gasteiger partial charge in [0, 0.05) is 11.8 Å². The lowest BCUT2D eigenvalue weighted by atomic mass is 10.3. The van der Waals surface area contributed by atoms with Gasteiger partial charge in [-0.1, -0.05) is 24.3 Å². The van der Waals surface area contributed by atoms with E-state index in [1.807, 2.05) is 53.2 Å². The highest BCUT2D eigenvalue weighted by molar-refractivity contribution is 7.16. The van der Waals surface area contributed by atoms with E-state index in [-0.39, 0.29) is 5.91 Å². The number of hydrogen-bond donors (Lipinski definition) is 1. The average Bonchev–Trinajstić information content (AvgIpc) is 3.24. The number of thiophene rings is 1. The number of rotatable bonds is 7. The average molecular weight is 344 g/mol. The summed E-state index contributed by atoms with van der Waals surface area (Å²) in [5.41, 5.74) is 0.910. The molecule has 6 heteroatoms. The van der Waals surface area contributed by atoms with Gasteiger partial charge in [-0.25, -0.2) is 4.98 Å². The zero-order valence-corrected chi connectivity index (χ0v) is 14.0. The maximum absolute atomic E-state index is 11.9. The maximum Gasteiger partial charge on any atom is 0.226 e. The molecule has 1 N–H and O–H groups in total. The van der Waals surface area contributed by atoms with E-state index in [0.717, 1.165) is 16.3 Å². The van der Waals surface area contributed by atoms with Crippen molar-refractivity contribution in [3.8, 4) is 16.3 Å². The van der Waals surface area contributed by atoms with E-state index in [4.69, 9.17) is 4.74 Å². The number of nitrogens with one attached hydrogen (secondary N) is 1. The third-order valence-corrected chi connectivity index (χ3v) is 4.73. The zero-order chi connectivity index (χ0) is 15.9. The maximum atomic E-state index is 11.9. The lowest BCUT2D eigenvalue weighted by molar-refractivity contribution is -0.116. The van der Waals surface area contributed by atoms with E-state index in [9.17, 15) is 4.79 Å². The molecule has 0 radical (unpaired) electrons. The van der Waals surface area contributed by atoms with Crippen LogP contribution in [0.4, 0.5) is 5.13 Å². The first-order chi connectivity index (χ1) is 11.3. The van der Waals surface area contributed by atoms with Crippen LogP contribution >= 0.6 is 22.7 Å². The highest BCUT2D eigenvalue weighted by Crippen LogP contribution is 2.28. The number of amides is 1. The summed E-state index contributed by atoms with van der Waals surface area (Å²) in [4.78, 5) is 17.5. The first-order valence-corrected chi connectivity index (χ1v) is 9.04. The number of benzene rings is 1. The number of hydrogen-bond acceptors (Lipinski definition) is 5. The fraction of sp³-hybridized carbons (Fsp3) is 0.176. The molecule has 0 spiro atoms. The van der Waals surface area contributed by atoms with Gasteiger partial charge >= 0.3 is 0 Å². The van der Waals surface area contributed by atoms with Crippen molar-refractivity contribution in [1.82, 2.24) is 4.98 Å². The van der Waals surface area contributed by atoms with Crippen LogP contribution in [0.3, 0.4) is 0 Å². The molecule has 0 aliphatic heterocycles. The highest BCUT2D eigenvalue weighted by atomic mass is 32.1. The number of anilines is 1. The fourth-order valence-corrected chi connectivity index (χ4v) is 3.48. The molecule has 3 aromatic rings. The molecule has 0 fully saturated rings. The number of carbonyl (C=O) groups is 1. The van der Waals surface area contributed by atoms with Crippen molar-refractivity contribution in [2.75, 3.05) is 11.9 Å². The Morgan fingerprint density at radius 1 is 1.13 bits per heavy atom. The standard InChI is InChI=1S/C17H16N2O2S2/c20-16(9-4-10-21-13-6-2-1-3-7-13)19-17-18-14(12-23-17)15-8-5-11-22-15/h1-3,5-8,11-12H,4,9-10H2,(H,18,19,20). The highest BCUT2D eigenvalue weighted by Gasteiger charge is 2.08. The minimum absolute atomic E-state index is 0.0336. The summed E-state index contributed by atoms with van der Waals surface area (Å²) in [5.74, 6) is 0.794. The molecule has 0 atom stereocenters. The normalized spacial score (nSPS) is 10.4. The van der Waals surface area contributed by atoms with E-state index >= 15 is 0 Å². The van der Waals surface area contributed by atoms with Crippen LogP contribution in [0.25, 0.3) is 10.6 Å². The number of para-hydroxylation sites is 1. The number of carbonyl (C=O) groups excluding carboxylic acids is 1. The van der Waals surface area contributed by atoms with Crippen LogP contribution in [0.2, 0.25) is 0 Å². The van der Waals surface area contributed by atoms with Gasteiger partial charge in [0.25, 0.3) is 0 Å². The van der Waals surface area contributed by atoms with Crippen molar-refractivity contribution in [1.29, 1.82) is 0 Å². The first-order valence-electron chi connectivity index (χ1n) is 7.28. The molecule has 3 rings (SSSR count). The number of nitrogens with zero attached hydrogens (tertiary/aromatic N) is 1. The Balaban J connectivity index is 1.41. The largest absolute Gasteiger partial charge is 0.494 e. The Kier molecular flexibility index (Phi) is 5.39. The van der Waals surface area contributed by atoms with Crippen LogP contribution in [0.1, 0.15) is 12.8 Å². The third kappa shape index (κ3) is 4.64. The molecule has 4 nitrogen and oxygen atoms in total. The van der Waals surface area contributed by atoms with Gasteiger partial charge in [-0.3, -0.25) is 4.79 Å². The summed E-state index contributed by atoms with van der Waals surface area (Å²) in [6.07, 6.45) is 1.09. The van der Waals surface area contributed by atoms with Crippen molar-refractivity contribution >= 4 is 33.7 Å². The summed E-state index contributed by atoms with van der Waals surface area (Å²) >= 11 is 3.08. The summed E-state index contributed by atoms with van der Waals surface area (Å²) in [5, 5.41) is 7.45. The molecule has 1 amide bonds. The van der Waals surface area contributed by atoms with Crippen molar-refractivity contribution in [2.45, 2.75) is 12.8 Å². The third-order valence-electron chi connectivity index (χ3n) is 3.08. The quantitative estimate of drug-likeness (QED) is 0.634. The van der Waals surface area contributed by atoms with Crippen LogP contribution in [0.5, 0.6) is 5.75 Å². The number of aromatic nitrogens is 1. The van der Waals surface area contributed by atoms with E-state index in [0.29, 0.717) is 24.6 Å². The predicted octanol–water partition coefficient (Wildman–Crippen LogP) is 4.67. The Hall–Kier alpha value is -2.18. The lowest BCUT2D eigenvalue weighted by Gasteiger charge is -2.05. The van der Waals surface area contributed by atoms with Gasteiger partial charge < -0.3 is 10.1 Å². The zero-order valence-electron chi connectivity index (χ0n) is 12.4. The smallest absolute Gasteiger partial charge is 0.226 e. The van der Waals surface area contributed by atoms with Crippen LogP contribution in [0.15, 0.2) is 53.2 Å². The van der Waals surface area contributed by atoms with Crippen molar-refractivity contribution in [2.24, 2.45) is 0 Å². The van der Waals surface area contributed by atoms with Gasteiger partial charge in [0.05, 0.1) is 17.2 Å². The van der Waals surface area contributed by atoms with Crippen LogP contribution in [0, 0.1) is 0 Å². The van der Waals surface area contributed by atoms with E-state index in [2.05, 4.69) is 10.3 Å². The minimum atomic E-state index is -0.0336. The number of ether oxygens (including phenoxy) is 1. The Morgan fingerprint density at radius 2 is 2.00 bits per heavy atom. The Morgan fingerprint density at radius 3 is 2.78 bits per heavy atom. The molecular weight excluding hydrogens is 328 g/mol. The second-order valence-corrected chi connectivity index (χ2v) is 6.63. The predicted molar refractivity (Wildman–Crippen MR) is 95.2 cm³/mol. The minimum Gasteiger partial charge on any atom is -0.494 e. The second kappa shape index (κ2) is 7.89. The summed E-state index contributed by atoms with van der Waals surface area (Å²) < 4.78 is 5.57. The lowest BCUT2D eigenvalue weighted by Crippen LogP contribution is -2.12. The van der Waals surface area contributed by atoms with Gasteiger partial charge in [-0.05, 0) is 30.0 Å². The summed E-state index contributed by atoms with van der Waals surface area (Å²) in [7, 11) is 0. The van der Waals surface area contributed by atoms with Crippen molar-refractivity contribution in [3.05, 3.63) is 53.2 Å². The van der Waals surface area contributed by atoms with Gasteiger partial charge in [0.15, 0.2) is 5.13 Å². The monoisotopic (exact) mass is 344 g/mol. The van der Waals surface area contributed by atoms with Crippen LogP contribution in [-0.2, 0) is 4.79 Å². The molecule has 0 saturated carbocycles. The molecule has 0 unspecified atom stereocenters. The molecule has 0 saturated heterocycles. The molecule has 118 valence electrons. The first kappa shape index (κ1) is 15.7. The molecule has 2 heterocycles. The number of thiazole rings is 1. The fourth-order valence-electron chi connectivity index (χ4n) is 1.99. The van der Waals surface area contributed by atoms with E-state index < -0.39 is 0 Å². The summed E-state index contributed by atoms with van der Waals surface area (Å²) in [6.45, 7) is 0.524. The SMILES string of the molecule is O=C(CCCOc1ccccc1)Nc1nc(-c2cccs2)cs1. The van der Waals surface area contributed by atoms with E-state index in [1.54, 1.807) is 11.3 Å². The van der Waals surface area contributed by atoms with Gasteiger partial charge in [-0.2, -0.15) is 0 Å². The summed E-state index contributed by atoms with van der Waals surface area (Å²) in [6, 6.07) is 13.6. The van der Waals surface area contributed by atoms with E-state index in [1.165, 1.54) is 11.3 Å². The Bertz CT molecular complexity index is 739. The topological polar surface area (TPSA) is 51.2 Å². The molecular formula is C17H16N2O2S2. The Labute approximate surface area is 142 Å². The van der Waals surface area contributed by atoms with Gasteiger partial charge in [0.2, 0.25) is 5.91 Å². The van der Waals surface area contributed by atoms with Gasteiger partial charge in [0.1, 0.15) is 5.75 Å². The molecule has 23 heavy (non-hydrogen) atoms. The molecule has 0 bridgehead atoms. The second-order valence-electron chi connectivity index (χ2n) is 4.83. The van der Waals surface area contributed by atoms with Crippen LogP contribution in [-0.4, -0.2) is 17.5 Å². The van der Waals surface area contributed by atoms with Gasteiger partial charge in [-0.15, -0.1) is 22.7 Å². The van der Waals surface area contributed by atoms with Crippen molar-refractivity contribution < 1.29 is 9.53 Å². The molecule has 2 aromatic heterocycles. The van der Waals surface area contributed by atoms with Crippen LogP contribution < -0.4 is 10.1 Å². The molecule has 0 aliphatic carbocycles. The molecule has 0 aliphatic rings. The van der Waals surface area contributed by atoms with Crippen molar-refractivity contribution in [3.63, 3.8) is 0 Å².